The van der Waals surface area contributed by atoms with Crippen LogP contribution in [0.25, 0.3) is 0 Å². The average molecular weight is 293 g/mol. The monoisotopic (exact) mass is 293 g/mol. The van der Waals surface area contributed by atoms with Crippen LogP contribution in [0.5, 0.6) is 5.75 Å². The number of hydrogen-bond donors (Lipinski definition) is 2. The highest BCUT2D eigenvalue weighted by molar-refractivity contribution is 5.84. The van der Waals surface area contributed by atoms with E-state index < -0.39 is 16.4 Å². The van der Waals surface area contributed by atoms with E-state index in [0.29, 0.717) is 5.56 Å². The quantitative estimate of drug-likeness (QED) is 0.581. The zero-order valence-corrected chi connectivity index (χ0v) is 12.1. The fourth-order valence-corrected chi connectivity index (χ4v) is 2.05. The summed E-state index contributed by atoms with van der Waals surface area (Å²) in [4.78, 5) is 22.2. The van der Waals surface area contributed by atoms with Crippen molar-refractivity contribution in [2.75, 3.05) is 6.61 Å². The van der Waals surface area contributed by atoms with E-state index in [1.807, 2.05) is 0 Å². The number of nitrogens with one attached hydrogen (secondary N) is 1. The van der Waals surface area contributed by atoms with Crippen molar-refractivity contribution in [2.24, 2.45) is 5.73 Å². The molecule has 1 aromatic rings. The standard InChI is InChI=1S/C14H19N3O4/c1-9-4-3-5-11(17(19)20)12(9)21-8-14(2,13(15)18)16-10-6-7-10/h3-5,10,16H,6-8H2,1-2H3,(H2,15,18). The van der Waals surface area contributed by atoms with Crippen molar-refractivity contribution in [2.45, 2.75) is 38.3 Å². The lowest BCUT2D eigenvalue weighted by atomic mass is 10.0. The summed E-state index contributed by atoms with van der Waals surface area (Å²) >= 11 is 0. The topological polar surface area (TPSA) is 107 Å². The molecule has 0 bridgehead atoms. The molecule has 1 saturated carbocycles. The van der Waals surface area contributed by atoms with Crippen LogP contribution in [0.4, 0.5) is 5.69 Å². The second kappa shape index (κ2) is 5.69. The molecule has 0 heterocycles. The van der Waals surface area contributed by atoms with E-state index >= 15 is 0 Å². The van der Waals surface area contributed by atoms with E-state index in [2.05, 4.69) is 5.32 Å². The maximum absolute atomic E-state index is 11.7. The predicted octanol–water partition coefficient (Wildman–Crippen LogP) is 1.28. The van der Waals surface area contributed by atoms with E-state index in [4.69, 9.17) is 10.5 Å². The number of hydrogen-bond acceptors (Lipinski definition) is 5. The van der Waals surface area contributed by atoms with Gasteiger partial charge in [0.15, 0.2) is 5.75 Å². The number of primary amides is 1. The molecule has 1 aromatic carbocycles. The van der Waals surface area contributed by atoms with E-state index in [-0.39, 0.29) is 24.1 Å². The summed E-state index contributed by atoms with van der Waals surface area (Å²) < 4.78 is 5.58. The van der Waals surface area contributed by atoms with Crippen molar-refractivity contribution < 1.29 is 14.5 Å². The second-order valence-electron chi connectivity index (χ2n) is 5.58. The van der Waals surface area contributed by atoms with E-state index in [0.717, 1.165) is 12.8 Å². The molecule has 0 radical (unpaired) electrons. The van der Waals surface area contributed by atoms with Gasteiger partial charge in [-0.15, -0.1) is 0 Å². The van der Waals surface area contributed by atoms with Crippen LogP contribution in [0.15, 0.2) is 18.2 Å². The predicted molar refractivity (Wildman–Crippen MR) is 77.1 cm³/mol. The van der Waals surface area contributed by atoms with E-state index in [1.54, 1.807) is 26.0 Å². The Morgan fingerprint density at radius 2 is 2.24 bits per heavy atom. The number of benzene rings is 1. The number of rotatable bonds is 7. The average Bonchev–Trinajstić information content (AvgIpc) is 3.20. The molecule has 1 atom stereocenters. The number of ether oxygens (including phenoxy) is 1. The van der Waals surface area contributed by atoms with Crippen LogP contribution in [0.2, 0.25) is 0 Å². The second-order valence-corrected chi connectivity index (χ2v) is 5.58. The SMILES string of the molecule is Cc1cccc([N+](=O)[O-])c1OCC(C)(NC1CC1)C(N)=O. The van der Waals surface area contributed by atoms with Gasteiger partial charge in [0.1, 0.15) is 12.1 Å². The molecule has 1 aliphatic rings. The third-order valence-electron chi connectivity index (χ3n) is 3.54. The largest absolute Gasteiger partial charge is 0.484 e. The summed E-state index contributed by atoms with van der Waals surface area (Å²) in [5.41, 5.74) is 4.91. The van der Waals surface area contributed by atoms with Gasteiger partial charge in [0.05, 0.1) is 4.92 Å². The van der Waals surface area contributed by atoms with Gasteiger partial charge in [0.25, 0.3) is 0 Å². The number of amides is 1. The Kier molecular flexibility index (Phi) is 4.13. The minimum atomic E-state index is -1.04. The molecule has 21 heavy (non-hydrogen) atoms. The molecule has 7 nitrogen and oxygen atoms in total. The minimum absolute atomic E-state index is 0.0511. The van der Waals surface area contributed by atoms with Gasteiger partial charge < -0.3 is 10.5 Å². The highest BCUT2D eigenvalue weighted by atomic mass is 16.6. The summed E-state index contributed by atoms with van der Waals surface area (Å²) in [5, 5.41) is 14.2. The van der Waals surface area contributed by atoms with Gasteiger partial charge in [-0.25, -0.2) is 0 Å². The lowest BCUT2D eigenvalue weighted by molar-refractivity contribution is -0.386. The molecule has 1 unspecified atom stereocenters. The molecule has 0 aromatic heterocycles. The zero-order chi connectivity index (χ0) is 15.6. The van der Waals surface area contributed by atoms with Crippen LogP contribution in [0.1, 0.15) is 25.3 Å². The van der Waals surface area contributed by atoms with Crippen molar-refractivity contribution in [3.63, 3.8) is 0 Å². The van der Waals surface area contributed by atoms with Gasteiger partial charge in [-0.05, 0) is 32.3 Å². The van der Waals surface area contributed by atoms with Crippen molar-refractivity contribution in [3.8, 4) is 5.75 Å². The smallest absolute Gasteiger partial charge is 0.311 e. The Hall–Kier alpha value is -2.15. The van der Waals surface area contributed by atoms with Crippen LogP contribution >= 0.6 is 0 Å². The first kappa shape index (κ1) is 15.2. The summed E-state index contributed by atoms with van der Waals surface area (Å²) in [6.07, 6.45) is 1.99. The Bertz CT molecular complexity index is 571. The maximum atomic E-state index is 11.7. The van der Waals surface area contributed by atoms with Crippen molar-refractivity contribution >= 4 is 11.6 Å². The fourth-order valence-electron chi connectivity index (χ4n) is 2.05. The van der Waals surface area contributed by atoms with E-state index in [1.165, 1.54) is 6.07 Å². The first-order valence-electron chi connectivity index (χ1n) is 6.78. The Balaban J connectivity index is 2.17. The highest BCUT2D eigenvalue weighted by Crippen LogP contribution is 2.31. The Labute approximate surface area is 122 Å². The number of nitrogens with two attached hydrogens (primary N) is 1. The van der Waals surface area contributed by atoms with Gasteiger partial charge in [0.2, 0.25) is 5.91 Å². The molecule has 0 aliphatic heterocycles. The van der Waals surface area contributed by atoms with Crippen molar-refractivity contribution in [1.82, 2.24) is 5.32 Å². The molecule has 114 valence electrons. The lowest BCUT2D eigenvalue weighted by Gasteiger charge is -2.27. The molecular weight excluding hydrogens is 274 g/mol. The first-order chi connectivity index (χ1) is 9.83. The molecular formula is C14H19N3O4. The highest BCUT2D eigenvalue weighted by Gasteiger charge is 2.38. The Morgan fingerprint density at radius 1 is 1.57 bits per heavy atom. The maximum Gasteiger partial charge on any atom is 0.311 e. The molecule has 2 rings (SSSR count). The number of nitrogens with zero attached hydrogens (tertiary/aromatic N) is 1. The van der Waals surface area contributed by atoms with Crippen LogP contribution in [0.3, 0.4) is 0 Å². The summed E-state index contributed by atoms with van der Waals surface area (Å²) in [6.45, 7) is 3.32. The van der Waals surface area contributed by atoms with E-state index in [9.17, 15) is 14.9 Å². The van der Waals surface area contributed by atoms with Gasteiger partial charge in [-0.2, -0.15) is 0 Å². The third kappa shape index (κ3) is 3.49. The normalized spacial score (nSPS) is 17.0. The first-order valence-corrected chi connectivity index (χ1v) is 6.78. The van der Waals surface area contributed by atoms with Gasteiger partial charge >= 0.3 is 5.69 Å². The molecule has 1 amide bonds. The summed E-state index contributed by atoms with van der Waals surface area (Å²) in [7, 11) is 0. The molecule has 0 saturated heterocycles. The minimum Gasteiger partial charge on any atom is -0.484 e. The van der Waals surface area contributed by atoms with Crippen LogP contribution in [-0.4, -0.2) is 29.0 Å². The third-order valence-corrected chi connectivity index (χ3v) is 3.54. The number of carbonyl (C=O) groups excluding carboxylic acids is 1. The Morgan fingerprint density at radius 3 is 2.76 bits per heavy atom. The number of nitro benzene ring substituents is 1. The van der Waals surface area contributed by atoms with Crippen molar-refractivity contribution in [3.05, 3.63) is 33.9 Å². The molecule has 1 fully saturated rings. The molecule has 0 spiro atoms. The van der Waals surface area contributed by atoms with Gasteiger partial charge in [-0.3, -0.25) is 20.2 Å². The number of carbonyl (C=O) groups is 1. The zero-order valence-electron chi connectivity index (χ0n) is 12.1. The number of aryl methyl sites for hydroxylation is 1. The van der Waals surface area contributed by atoms with Gasteiger partial charge in [-0.1, -0.05) is 12.1 Å². The number of nitro groups is 1. The lowest BCUT2D eigenvalue weighted by Crippen LogP contribution is -2.57. The molecule has 1 aliphatic carbocycles. The van der Waals surface area contributed by atoms with Crippen LogP contribution in [0, 0.1) is 17.0 Å². The molecule has 7 heteroatoms. The van der Waals surface area contributed by atoms with Crippen LogP contribution in [-0.2, 0) is 4.79 Å². The fraction of sp³-hybridized carbons (Fsp3) is 0.500. The number of para-hydroxylation sites is 1. The van der Waals surface area contributed by atoms with Crippen LogP contribution < -0.4 is 15.8 Å². The summed E-state index contributed by atoms with van der Waals surface area (Å²) in [6, 6.07) is 4.95. The van der Waals surface area contributed by atoms with Crippen molar-refractivity contribution in [1.29, 1.82) is 0 Å². The summed E-state index contributed by atoms with van der Waals surface area (Å²) in [5.74, 6) is -0.363. The van der Waals surface area contributed by atoms with Gasteiger partial charge in [0, 0.05) is 12.1 Å². The molecule has 3 N–H and O–H groups in total.